The van der Waals surface area contributed by atoms with Crippen LogP contribution in [0.5, 0.6) is 0 Å². The number of hydrogen-bond donors (Lipinski definition) is 8. The molecule has 422 valence electrons. The van der Waals surface area contributed by atoms with Crippen LogP contribution in [-0.2, 0) is 14.3 Å². The Morgan fingerprint density at radius 1 is 0.472 bits per heavy atom. The summed E-state index contributed by atoms with van der Waals surface area (Å²) in [5.74, 6) is -0.713. The van der Waals surface area contributed by atoms with Gasteiger partial charge in [0.15, 0.2) is 6.29 Å². The molecule has 1 amide bonds. The van der Waals surface area contributed by atoms with Gasteiger partial charge in [-0.1, -0.05) is 223 Å². The van der Waals surface area contributed by atoms with Gasteiger partial charge in [-0.25, -0.2) is 0 Å². The molecule has 11 heteroatoms. The number of unbranched alkanes of at least 4 members (excludes halogenated alkanes) is 31. The largest absolute Gasteiger partial charge is 0.394 e. The lowest BCUT2D eigenvalue weighted by Crippen LogP contribution is -2.60. The molecule has 0 radical (unpaired) electrons. The smallest absolute Gasteiger partial charge is 0.249 e. The van der Waals surface area contributed by atoms with Crippen molar-refractivity contribution in [1.82, 2.24) is 5.32 Å². The summed E-state index contributed by atoms with van der Waals surface area (Å²) in [5, 5.41) is 76.1. The number of hydrogen-bond acceptors (Lipinski definition) is 10. The summed E-state index contributed by atoms with van der Waals surface area (Å²) < 4.78 is 11.1. The van der Waals surface area contributed by atoms with Gasteiger partial charge in [-0.2, -0.15) is 0 Å². The lowest BCUT2D eigenvalue weighted by Gasteiger charge is -2.40. The van der Waals surface area contributed by atoms with Crippen molar-refractivity contribution < 1.29 is 50.0 Å². The van der Waals surface area contributed by atoms with Crippen LogP contribution in [0.4, 0.5) is 0 Å². The van der Waals surface area contributed by atoms with Crippen LogP contribution in [0.3, 0.4) is 0 Å². The average Bonchev–Trinajstić information content (AvgIpc) is 3.38. The fourth-order valence-corrected chi connectivity index (χ4v) is 9.41. The first kappa shape index (κ1) is 68.1. The standard InChI is InChI=1S/C61H113NO10/c1-3-5-7-9-11-13-15-17-19-21-23-25-26-27-28-29-31-33-35-37-39-41-43-45-47-49-54(65)60(70)62-52(51-71-61-59(69)58(68)57(67)55(50-63)72-61)56(66)53(64)48-46-44-42-40-38-36-34-32-30-24-22-20-18-16-14-12-10-8-6-4-2/h20,22,27-28,32,34,40,42,52-59,61,63-69H,3-19,21,23-26,29-31,33,35-39,41,43-51H2,1-2H3,(H,62,70)/b22-20+,28-27-,34-32+,42-40+. The topological polar surface area (TPSA) is 189 Å². The summed E-state index contributed by atoms with van der Waals surface area (Å²) in [6.45, 7) is 3.45. The van der Waals surface area contributed by atoms with Crippen molar-refractivity contribution in [2.24, 2.45) is 0 Å². The number of ether oxygens (including phenoxy) is 2. The highest BCUT2D eigenvalue weighted by atomic mass is 16.7. The first-order chi connectivity index (χ1) is 35.2. The van der Waals surface area contributed by atoms with E-state index in [0.717, 1.165) is 44.9 Å². The molecule has 0 saturated carbocycles. The SMILES string of the molecule is CCCCCCCCC/C=C/CC/C=C/CC/C=C/CCCC(O)C(O)C(COC1OC(CO)C(O)C(O)C1O)NC(=O)C(O)CCCCCCCCCCC/C=C\CCCCCCCCCCCCCC. The highest BCUT2D eigenvalue weighted by Crippen LogP contribution is 2.23. The van der Waals surface area contributed by atoms with Crippen LogP contribution >= 0.6 is 0 Å². The third-order valence-electron chi connectivity index (χ3n) is 14.3. The van der Waals surface area contributed by atoms with Crippen molar-refractivity contribution in [1.29, 1.82) is 0 Å². The van der Waals surface area contributed by atoms with Crippen LogP contribution in [0, 0.1) is 0 Å². The maximum atomic E-state index is 13.2. The lowest BCUT2D eigenvalue weighted by atomic mass is 9.98. The molecule has 72 heavy (non-hydrogen) atoms. The van der Waals surface area contributed by atoms with Crippen LogP contribution < -0.4 is 5.32 Å². The van der Waals surface area contributed by atoms with Gasteiger partial charge in [0, 0.05) is 0 Å². The van der Waals surface area contributed by atoms with Gasteiger partial charge in [-0.3, -0.25) is 4.79 Å². The number of carbonyl (C=O) groups excluding carboxylic acids is 1. The molecule has 0 spiro atoms. The van der Waals surface area contributed by atoms with Gasteiger partial charge >= 0.3 is 0 Å². The summed E-state index contributed by atoms with van der Waals surface area (Å²) >= 11 is 0. The molecule has 1 heterocycles. The van der Waals surface area contributed by atoms with Crippen molar-refractivity contribution in [3.8, 4) is 0 Å². The maximum absolute atomic E-state index is 13.2. The second-order valence-electron chi connectivity index (χ2n) is 21.0. The molecule has 11 nitrogen and oxygen atoms in total. The van der Waals surface area contributed by atoms with E-state index < -0.39 is 74.2 Å². The van der Waals surface area contributed by atoms with Crippen molar-refractivity contribution in [3.63, 3.8) is 0 Å². The first-order valence-corrected chi connectivity index (χ1v) is 30.0. The average molecular weight is 1020 g/mol. The van der Waals surface area contributed by atoms with Gasteiger partial charge in [0.2, 0.25) is 5.91 Å². The number of aliphatic hydroxyl groups is 7. The monoisotopic (exact) mass is 1020 g/mol. The predicted molar refractivity (Wildman–Crippen MR) is 298 cm³/mol. The van der Waals surface area contributed by atoms with E-state index in [9.17, 15) is 40.5 Å². The predicted octanol–water partition coefficient (Wildman–Crippen LogP) is 12.8. The molecule has 0 aromatic carbocycles. The molecular weight excluding hydrogens is 907 g/mol. The molecule has 0 bridgehead atoms. The second kappa shape index (κ2) is 49.9. The maximum Gasteiger partial charge on any atom is 0.249 e. The zero-order valence-corrected chi connectivity index (χ0v) is 46.2. The Morgan fingerprint density at radius 3 is 1.24 bits per heavy atom. The number of rotatable bonds is 51. The van der Waals surface area contributed by atoms with Gasteiger partial charge in [0.25, 0.3) is 0 Å². The molecule has 0 aromatic rings. The minimum absolute atomic E-state index is 0.240. The molecule has 0 aliphatic carbocycles. The van der Waals surface area contributed by atoms with Crippen LogP contribution in [-0.4, -0.2) is 110 Å². The molecule has 9 atom stereocenters. The van der Waals surface area contributed by atoms with E-state index in [1.165, 1.54) is 173 Å². The number of aliphatic hydroxyl groups excluding tert-OH is 7. The fraction of sp³-hybridized carbons (Fsp3) is 0.852. The van der Waals surface area contributed by atoms with Crippen molar-refractivity contribution in [2.45, 2.75) is 319 Å². The minimum atomic E-state index is -1.67. The Bertz CT molecular complexity index is 1310. The molecule has 8 N–H and O–H groups in total. The molecule has 0 aromatic heterocycles. The minimum Gasteiger partial charge on any atom is -0.394 e. The zero-order chi connectivity index (χ0) is 52.5. The Hall–Kier alpha value is -1.93. The Morgan fingerprint density at radius 2 is 0.833 bits per heavy atom. The molecular formula is C61H113NO10. The van der Waals surface area contributed by atoms with Crippen molar-refractivity contribution in [3.05, 3.63) is 48.6 Å². The second-order valence-corrected chi connectivity index (χ2v) is 21.0. The summed E-state index contributed by atoms with van der Waals surface area (Å²) in [7, 11) is 0. The van der Waals surface area contributed by atoms with Crippen LogP contribution in [0.15, 0.2) is 48.6 Å². The van der Waals surface area contributed by atoms with E-state index in [4.69, 9.17) is 9.47 Å². The van der Waals surface area contributed by atoms with Crippen molar-refractivity contribution >= 4 is 5.91 Å². The molecule has 1 fully saturated rings. The lowest BCUT2D eigenvalue weighted by molar-refractivity contribution is -0.303. The van der Waals surface area contributed by atoms with Gasteiger partial charge in [-0.05, 0) is 89.9 Å². The summed E-state index contributed by atoms with van der Waals surface area (Å²) in [6.07, 6.45) is 51.7. The number of allylic oxidation sites excluding steroid dienone is 8. The van der Waals surface area contributed by atoms with Crippen LogP contribution in [0.2, 0.25) is 0 Å². The number of amides is 1. The Labute approximate surface area is 440 Å². The van der Waals surface area contributed by atoms with E-state index in [2.05, 4.69) is 67.8 Å². The zero-order valence-electron chi connectivity index (χ0n) is 46.2. The van der Waals surface area contributed by atoms with E-state index in [1.807, 2.05) is 0 Å². The molecule has 1 saturated heterocycles. The fourth-order valence-electron chi connectivity index (χ4n) is 9.41. The normalized spacial score (nSPS) is 20.4. The quantitative estimate of drug-likeness (QED) is 0.0215. The van der Waals surface area contributed by atoms with E-state index >= 15 is 0 Å². The summed E-state index contributed by atoms with van der Waals surface area (Å²) in [5.41, 5.74) is 0. The third-order valence-corrected chi connectivity index (χ3v) is 14.3. The number of nitrogens with one attached hydrogen (secondary N) is 1. The Kier molecular flexibility index (Phi) is 47.2. The van der Waals surface area contributed by atoms with Crippen LogP contribution in [0.25, 0.3) is 0 Å². The van der Waals surface area contributed by atoms with E-state index in [1.54, 1.807) is 0 Å². The molecule has 9 unspecified atom stereocenters. The molecule has 1 aliphatic heterocycles. The number of carbonyl (C=O) groups is 1. The third kappa shape index (κ3) is 37.7. The molecule has 1 aliphatic rings. The Balaban J connectivity index is 2.33. The van der Waals surface area contributed by atoms with Gasteiger partial charge in [0.05, 0.1) is 25.4 Å². The molecule has 1 rings (SSSR count). The van der Waals surface area contributed by atoms with E-state index in [0.29, 0.717) is 19.3 Å². The highest BCUT2D eigenvalue weighted by Gasteiger charge is 2.44. The summed E-state index contributed by atoms with van der Waals surface area (Å²) in [6, 6.07) is -1.20. The summed E-state index contributed by atoms with van der Waals surface area (Å²) in [4.78, 5) is 13.2. The van der Waals surface area contributed by atoms with Crippen molar-refractivity contribution in [2.75, 3.05) is 13.2 Å². The van der Waals surface area contributed by atoms with Gasteiger partial charge in [0.1, 0.15) is 36.6 Å². The van der Waals surface area contributed by atoms with Crippen LogP contribution in [0.1, 0.15) is 264 Å². The van der Waals surface area contributed by atoms with Gasteiger partial charge < -0.3 is 50.5 Å². The highest BCUT2D eigenvalue weighted by molar-refractivity contribution is 5.80. The van der Waals surface area contributed by atoms with Gasteiger partial charge in [-0.15, -0.1) is 0 Å². The van der Waals surface area contributed by atoms with E-state index in [-0.39, 0.29) is 12.8 Å². The first-order valence-electron chi connectivity index (χ1n) is 30.0.